The first kappa shape index (κ1) is 19.0. The molecule has 2 unspecified atom stereocenters. The zero-order valence-electron chi connectivity index (χ0n) is 12.6. The molecule has 0 aromatic rings. The summed E-state index contributed by atoms with van der Waals surface area (Å²) in [7, 11) is 2.29. The molecule has 3 rings (SSSR count). The lowest BCUT2D eigenvalue weighted by Crippen LogP contribution is -3.15. The fraction of sp³-hybridized carbons (Fsp3) is 0.929. The van der Waals surface area contributed by atoms with Gasteiger partial charge >= 0.3 is 5.97 Å². The van der Waals surface area contributed by atoms with Crippen molar-refractivity contribution in [3.05, 3.63) is 0 Å². The second kappa shape index (κ2) is 8.53. The number of nitrogens with one attached hydrogen (secondary N) is 2. The molecule has 124 valence electrons. The summed E-state index contributed by atoms with van der Waals surface area (Å²) < 4.78 is 11.0. The van der Waals surface area contributed by atoms with Crippen LogP contribution in [0.15, 0.2) is 0 Å². The minimum Gasteiger partial charge on any atom is -1.00 e. The minimum atomic E-state index is -0.0131. The highest BCUT2D eigenvalue weighted by molar-refractivity contribution is 5.70. The van der Waals surface area contributed by atoms with Crippen molar-refractivity contribution in [3.8, 4) is 0 Å². The fourth-order valence-corrected chi connectivity index (χ4v) is 3.89. The summed E-state index contributed by atoms with van der Waals surface area (Å²) in [5.74, 6) is -0.0131. The Kier molecular flexibility index (Phi) is 7.71. The van der Waals surface area contributed by atoms with Gasteiger partial charge in [-0.05, 0) is 0 Å². The first-order chi connectivity index (χ1) is 9.22. The van der Waals surface area contributed by atoms with E-state index in [2.05, 4.69) is 7.05 Å². The van der Waals surface area contributed by atoms with E-state index >= 15 is 0 Å². The van der Waals surface area contributed by atoms with Gasteiger partial charge in [-0.15, -0.1) is 0 Å². The molecule has 21 heavy (non-hydrogen) atoms. The molecular formula is C14H26Cl2N2O3. The topological polar surface area (TPSA) is 44.4 Å². The van der Waals surface area contributed by atoms with E-state index in [0.717, 1.165) is 39.1 Å². The van der Waals surface area contributed by atoms with Crippen molar-refractivity contribution < 1.29 is 48.9 Å². The molecule has 3 heterocycles. The normalized spacial score (nSPS) is 35.5. The van der Waals surface area contributed by atoms with Crippen molar-refractivity contribution in [1.82, 2.24) is 0 Å². The first-order valence-corrected chi connectivity index (χ1v) is 7.66. The van der Waals surface area contributed by atoms with E-state index in [4.69, 9.17) is 9.47 Å². The quantitative estimate of drug-likeness (QED) is 0.502. The number of fused-ring (bicyclic) bond motifs is 2. The van der Waals surface area contributed by atoms with Gasteiger partial charge in [0, 0.05) is 25.7 Å². The van der Waals surface area contributed by atoms with Crippen LogP contribution in [-0.4, -0.2) is 64.1 Å². The Hall–Kier alpha value is -0.0700. The Balaban J connectivity index is 0.00000110. The largest absolute Gasteiger partial charge is 1.00 e. The molecule has 3 aliphatic rings. The molecule has 2 N–H and O–H groups in total. The molecule has 2 bridgehead atoms. The standard InChI is InChI=1S/C14H24N2O3.2ClH/c1-15-11-2-3-12(15)9-13(8-11)19-14(17)10-16-4-6-18-7-5-16;;/h11-13H,2-10H2,1H3;2*1H. The van der Waals surface area contributed by atoms with Crippen molar-refractivity contribution in [2.24, 2.45) is 0 Å². The number of ether oxygens (including phenoxy) is 2. The highest BCUT2D eigenvalue weighted by Crippen LogP contribution is 2.24. The van der Waals surface area contributed by atoms with Gasteiger partial charge in [-0.1, -0.05) is 0 Å². The van der Waals surface area contributed by atoms with Crippen LogP contribution in [0.3, 0.4) is 0 Å². The molecule has 3 saturated heterocycles. The number of hydrogen-bond donors (Lipinski definition) is 2. The molecule has 2 atom stereocenters. The van der Waals surface area contributed by atoms with Crippen LogP contribution in [0.2, 0.25) is 0 Å². The number of rotatable bonds is 3. The smallest absolute Gasteiger partial charge is 0.361 e. The van der Waals surface area contributed by atoms with Gasteiger partial charge in [0.05, 0.1) is 32.3 Å². The lowest BCUT2D eigenvalue weighted by molar-refractivity contribution is -0.923. The van der Waals surface area contributed by atoms with E-state index in [1.807, 2.05) is 0 Å². The molecule has 0 aliphatic carbocycles. The van der Waals surface area contributed by atoms with Crippen LogP contribution in [0.25, 0.3) is 0 Å². The maximum atomic E-state index is 12.0. The van der Waals surface area contributed by atoms with Crippen LogP contribution in [0.1, 0.15) is 25.7 Å². The highest BCUT2D eigenvalue weighted by atomic mass is 35.5. The van der Waals surface area contributed by atoms with Crippen LogP contribution in [0.4, 0.5) is 0 Å². The summed E-state index contributed by atoms with van der Waals surface area (Å²) >= 11 is 0. The van der Waals surface area contributed by atoms with Gasteiger partial charge in [0.2, 0.25) is 0 Å². The van der Waals surface area contributed by atoms with Crippen LogP contribution >= 0.6 is 0 Å². The van der Waals surface area contributed by atoms with Gasteiger partial charge < -0.3 is 44.1 Å². The molecule has 5 nitrogen and oxygen atoms in total. The summed E-state index contributed by atoms with van der Waals surface area (Å²) in [4.78, 5) is 15.0. The van der Waals surface area contributed by atoms with Gasteiger partial charge in [0.1, 0.15) is 19.2 Å². The second-order valence-electron chi connectivity index (χ2n) is 6.34. The summed E-state index contributed by atoms with van der Waals surface area (Å²) in [6.07, 6.45) is 4.91. The van der Waals surface area contributed by atoms with E-state index in [-0.39, 0.29) is 36.9 Å². The predicted molar refractivity (Wildman–Crippen MR) is 69.2 cm³/mol. The SMILES string of the molecule is C[NH+]1C2CCC1CC(OC(=O)C[NH+]1CCOCC1)C2.[Cl-].[Cl-]. The van der Waals surface area contributed by atoms with E-state index < -0.39 is 0 Å². The van der Waals surface area contributed by atoms with Gasteiger partial charge in [-0.25, -0.2) is 4.79 Å². The summed E-state index contributed by atoms with van der Waals surface area (Å²) in [6.45, 7) is 3.91. The number of carbonyl (C=O) groups excluding carboxylic acids is 1. The second-order valence-corrected chi connectivity index (χ2v) is 6.34. The van der Waals surface area contributed by atoms with Crippen molar-refractivity contribution in [1.29, 1.82) is 0 Å². The minimum absolute atomic E-state index is 0. The lowest BCUT2D eigenvalue weighted by Gasteiger charge is -2.33. The summed E-state index contributed by atoms with van der Waals surface area (Å²) in [5.41, 5.74) is 0. The van der Waals surface area contributed by atoms with Gasteiger partial charge in [0.15, 0.2) is 6.54 Å². The third kappa shape index (κ3) is 4.70. The van der Waals surface area contributed by atoms with E-state index in [1.54, 1.807) is 4.90 Å². The number of morpholine rings is 1. The molecule has 7 heteroatoms. The molecule has 3 aliphatic heterocycles. The molecule has 0 aromatic carbocycles. The molecule has 0 aromatic heterocycles. The fourth-order valence-electron chi connectivity index (χ4n) is 3.89. The van der Waals surface area contributed by atoms with Crippen LogP contribution < -0.4 is 34.6 Å². The average Bonchev–Trinajstić information content (AvgIpc) is 2.63. The van der Waals surface area contributed by atoms with Crippen molar-refractivity contribution in [3.63, 3.8) is 0 Å². The monoisotopic (exact) mass is 340 g/mol. The zero-order chi connectivity index (χ0) is 13.2. The first-order valence-electron chi connectivity index (χ1n) is 7.66. The summed E-state index contributed by atoms with van der Waals surface area (Å²) in [5, 5.41) is 0. The van der Waals surface area contributed by atoms with Crippen LogP contribution in [0.5, 0.6) is 0 Å². The zero-order valence-corrected chi connectivity index (χ0v) is 14.1. The maximum Gasteiger partial charge on any atom is 0.361 e. The molecule has 3 fully saturated rings. The van der Waals surface area contributed by atoms with Gasteiger partial charge in [-0.2, -0.15) is 0 Å². The van der Waals surface area contributed by atoms with Gasteiger partial charge in [0.25, 0.3) is 0 Å². The number of quaternary nitrogens is 2. The summed E-state index contributed by atoms with van der Waals surface area (Å²) in [6, 6.07) is 1.43. The Morgan fingerprint density at radius 2 is 1.71 bits per heavy atom. The number of halogens is 2. The van der Waals surface area contributed by atoms with E-state index in [1.165, 1.54) is 17.7 Å². The Morgan fingerprint density at radius 1 is 1.14 bits per heavy atom. The molecule has 0 radical (unpaired) electrons. The highest BCUT2D eigenvalue weighted by Gasteiger charge is 2.43. The van der Waals surface area contributed by atoms with Crippen molar-refractivity contribution >= 4 is 5.97 Å². The molecule has 0 saturated carbocycles. The maximum absolute atomic E-state index is 12.0. The van der Waals surface area contributed by atoms with Crippen LogP contribution in [-0.2, 0) is 14.3 Å². The number of hydrogen-bond acceptors (Lipinski definition) is 3. The van der Waals surface area contributed by atoms with Crippen molar-refractivity contribution in [2.75, 3.05) is 39.9 Å². The Morgan fingerprint density at radius 3 is 2.29 bits per heavy atom. The van der Waals surface area contributed by atoms with E-state index in [9.17, 15) is 4.79 Å². The van der Waals surface area contributed by atoms with E-state index in [0.29, 0.717) is 18.6 Å². The average molecular weight is 341 g/mol. The molecule has 0 spiro atoms. The number of carbonyl (C=O) groups is 1. The molecule has 0 amide bonds. The Bertz CT molecular complexity index is 326. The van der Waals surface area contributed by atoms with Gasteiger partial charge in [-0.3, -0.25) is 0 Å². The number of esters is 1. The third-order valence-corrected chi connectivity index (χ3v) is 5.14. The lowest BCUT2D eigenvalue weighted by atomic mass is 10.0. The predicted octanol–water partition coefficient (Wildman–Crippen LogP) is -8.34. The third-order valence-electron chi connectivity index (χ3n) is 5.14. The van der Waals surface area contributed by atoms with Crippen LogP contribution in [0, 0.1) is 0 Å². The van der Waals surface area contributed by atoms with Crippen molar-refractivity contribution in [2.45, 2.75) is 43.9 Å². The Labute approximate surface area is 139 Å². The molecular weight excluding hydrogens is 315 g/mol. The number of piperidine rings is 1.